The lowest BCUT2D eigenvalue weighted by molar-refractivity contribution is -0.137. The number of carbonyl (C=O) groups is 1. The molecule has 0 aromatic heterocycles. The van der Waals surface area contributed by atoms with Crippen molar-refractivity contribution in [3.63, 3.8) is 0 Å². The summed E-state index contributed by atoms with van der Waals surface area (Å²) in [6.45, 7) is 4.65. The highest BCUT2D eigenvalue weighted by atomic mass is 35.5. The maximum Gasteiger partial charge on any atom is 0.417 e. The summed E-state index contributed by atoms with van der Waals surface area (Å²) in [6, 6.07) is 3.33. The maximum absolute atomic E-state index is 12.8. The Balaban J connectivity index is 0.00000312. The molecule has 3 N–H and O–H groups in total. The summed E-state index contributed by atoms with van der Waals surface area (Å²) in [4.78, 5) is 16.2. The first-order valence-electron chi connectivity index (χ1n) is 7.61. The Morgan fingerprint density at radius 2 is 1.73 bits per heavy atom. The maximum atomic E-state index is 12.8. The fraction of sp³-hybridized carbons (Fsp3) is 0.533. The lowest BCUT2D eigenvalue weighted by Gasteiger charge is -2.33. The zero-order chi connectivity index (χ0) is 17.7. The minimum atomic E-state index is -4.56. The van der Waals surface area contributed by atoms with Gasteiger partial charge >= 0.3 is 6.18 Å². The van der Waals surface area contributed by atoms with Crippen LogP contribution < -0.4 is 11.1 Å². The molecule has 1 aliphatic rings. The molecule has 26 heavy (non-hydrogen) atoms. The Kier molecular flexibility index (Phi) is 10.8. The third-order valence-electron chi connectivity index (χ3n) is 3.83. The predicted molar refractivity (Wildman–Crippen MR) is 102 cm³/mol. The molecule has 1 amide bonds. The highest BCUT2D eigenvalue weighted by Crippen LogP contribution is 2.36. The molecule has 0 spiro atoms. The van der Waals surface area contributed by atoms with Crippen molar-refractivity contribution in [2.45, 2.75) is 6.18 Å². The van der Waals surface area contributed by atoms with Crippen LogP contribution in [0.25, 0.3) is 0 Å². The topological polar surface area (TPSA) is 61.6 Å². The van der Waals surface area contributed by atoms with E-state index >= 15 is 0 Å². The number of hydrogen-bond acceptors (Lipinski definition) is 4. The van der Waals surface area contributed by atoms with Crippen molar-refractivity contribution in [3.05, 3.63) is 28.8 Å². The van der Waals surface area contributed by atoms with Gasteiger partial charge in [-0.1, -0.05) is 11.6 Å². The molecule has 0 bridgehead atoms. The summed E-state index contributed by atoms with van der Waals surface area (Å²) in [6.07, 6.45) is -4.56. The fourth-order valence-corrected chi connectivity index (χ4v) is 2.80. The van der Waals surface area contributed by atoms with Crippen LogP contribution in [0.5, 0.6) is 0 Å². The van der Waals surface area contributed by atoms with Gasteiger partial charge in [-0.3, -0.25) is 14.6 Å². The van der Waals surface area contributed by atoms with Gasteiger partial charge in [0.05, 0.1) is 17.1 Å². The van der Waals surface area contributed by atoms with Crippen LogP contribution in [-0.2, 0) is 11.0 Å². The number of amides is 1. The number of nitrogens with one attached hydrogen (secondary N) is 1. The number of nitrogens with zero attached hydrogens (tertiary/aromatic N) is 2. The van der Waals surface area contributed by atoms with Crippen LogP contribution in [0.2, 0.25) is 5.02 Å². The van der Waals surface area contributed by atoms with Gasteiger partial charge in [0.2, 0.25) is 5.91 Å². The van der Waals surface area contributed by atoms with E-state index in [4.69, 9.17) is 17.3 Å². The molecule has 0 aliphatic carbocycles. The first-order chi connectivity index (χ1) is 11.3. The van der Waals surface area contributed by atoms with Crippen molar-refractivity contribution >= 4 is 48.0 Å². The third kappa shape index (κ3) is 7.46. The number of nitrogens with two attached hydrogens (primary N) is 1. The van der Waals surface area contributed by atoms with Crippen LogP contribution in [0.15, 0.2) is 18.2 Å². The van der Waals surface area contributed by atoms with E-state index in [9.17, 15) is 18.0 Å². The molecule has 0 saturated carbocycles. The minimum Gasteiger partial charge on any atom is -0.329 e. The Morgan fingerprint density at radius 3 is 2.27 bits per heavy atom. The molecular formula is C15H22Cl3F3N4O. The summed E-state index contributed by atoms with van der Waals surface area (Å²) in [5.74, 6) is -0.349. The second kappa shape index (κ2) is 11.2. The van der Waals surface area contributed by atoms with Crippen molar-refractivity contribution in [2.24, 2.45) is 5.73 Å². The standard InChI is InChI=1S/C15H20ClF3N4O.2ClH/c16-13-2-1-11(9-12(13)15(17,18)19)21-14(24)10-23-7-5-22(4-3-20)6-8-23;;/h1-2,9H,3-8,10,20H2,(H,21,24);2*1H. The van der Waals surface area contributed by atoms with Gasteiger partial charge in [-0.2, -0.15) is 13.2 Å². The van der Waals surface area contributed by atoms with Crippen molar-refractivity contribution in [1.82, 2.24) is 9.80 Å². The molecule has 150 valence electrons. The van der Waals surface area contributed by atoms with Crippen LogP contribution >= 0.6 is 36.4 Å². The normalized spacial score (nSPS) is 15.7. The van der Waals surface area contributed by atoms with Gasteiger partial charge in [0.15, 0.2) is 0 Å². The van der Waals surface area contributed by atoms with Crippen LogP contribution in [0, 0.1) is 0 Å². The van der Waals surface area contributed by atoms with Gasteiger partial charge in [-0.15, -0.1) is 24.8 Å². The number of alkyl halides is 3. The summed E-state index contributed by atoms with van der Waals surface area (Å²) in [7, 11) is 0. The number of piperazine rings is 1. The molecule has 5 nitrogen and oxygen atoms in total. The fourth-order valence-electron chi connectivity index (χ4n) is 2.58. The predicted octanol–water partition coefficient (Wildman–Crippen LogP) is 2.72. The Labute approximate surface area is 167 Å². The average Bonchev–Trinajstić information content (AvgIpc) is 2.50. The van der Waals surface area contributed by atoms with Crippen molar-refractivity contribution in [3.8, 4) is 0 Å². The van der Waals surface area contributed by atoms with Crippen LogP contribution in [-0.4, -0.2) is 61.5 Å². The molecule has 2 rings (SSSR count). The first kappa shape index (κ1) is 25.2. The molecule has 1 heterocycles. The Morgan fingerprint density at radius 1 is 1.15 bits per heavy atom. The zero-order valence-corrected chi connectivity index (χ0v) is 16.3. The van der Waals surface area contributed by atoms with Crippen molar-refractivity contribution in [1.29, 1.82) is 0 Å². The second-order valence-corrected chi connectivity index (χ2v) is 6.05. The molecule has 1 aliphatic heterocycles. The number of hydrogen-bond donors (Lipinski definition) is 2. The molecular weight excluding hydrogens is 416 g/mol. The van der Waals surface area contributed by atoms with E-state index in [1.165, 1.54) is 6.07 Å². The number of anilines is 1. The van der Waals surface area contributed by atoms with Gasteiger partial charge in [-0.25, -0.2) is 0 Å². The summed E-state index contributed by atoms with van der Waals surface area (Å²) in [5, 5.41) is 2.10. The minimum absolute atomic E-state index is 0. The molecule has 1 aromatic rings. The molecule has 0 unspecified atom stereocenters. The van der Waals surface area contributed by atoms with E-state index in [-0.39, 0.29) is 43.0 Å². The number of rotatable bonds is 5. The highest BCUT2D eigenvalue weighted by Gasteiger charge is 2.33. The van der Waals surface area contributed by atoms with E-state index in [0.29, 0.717) is 6.54 Å². The molecule has 0 radical (unpaired) electrons. The first-order valence-corrected chi connectivity index (χ1v) is 7.99. The van der Waals surface area contributed by atoms with Crippen molar-refractivity contribution < 1.29 is 18.0 Å². The third-order valence-corrected chi connectivity index (χ3v) is 4.16. The molecule has 1 saturated heterocycles. The average molecular weight is 438 g/mol. The second-order valence-electron chi connectivity index (χ2n) is 5.65. The monoisotopic (exact) mass is 436 g/mol. The van der Waals surface area contributed by atoms with Gasteiger partial charge < -0.3 is 11.1 Å². The molecule has 0 atom stereocenters. The Hall–Kier alpha value is -0.770. The molecule has 11 heteroatoms. The lowest BCUT2D eigenvalue weighted by atomic mass is 10.2. The number of carbonyl (C=O) groups excluding carboxylic acids is 1. The smallest absolute Gasteiger partial charge is 0.329 e. The van der Waals surface area contributed by atoms with E-state index in [0.717, 1.165) is 44.9 Å². The quantitative estimate of drug-likeness (QED) is 0.744. The number of halogens is 6. The molecule has 1 aromatic carbocycles. The van der Waals surface area contributed by atoms with Crippen LogP contribution in [0.4, 0.5) is 18.9 Å². The van der Waals surface area contributed by atoms with Gasteiger partial charge in [0.25, 0.3) is 0 Å². The van der Waals surface area contributed by atoms with E-state index in [1.807, 2.05) is 4.90 Å². The van der Waals surface area contributed by atoms with E-state index in [2.05, 4.69) is 10.2 Å². The summed E-state index contributed by atoms with van der Waals surface area (Å²) in [5.41, 5.74) is 4.63. The van der Waals surface area contributed by atoms with Gasteiger partial charge in [0, 0.05) is 45.0 Å². The largest absolute Gasteiger partial charge is 0.417 e. The molecule has 1 fully saturated rings. The van der Waals surface area contributed by atoms with E-state index < -0.39 is 16.8 Å². The van der Waals surface area contributed by atoms with Crippen molar-refractivity contribution in [2.75, 3.05) is 51.1 Å². The summed E-state index contributed by atoms with van der Waals surface area (Å²) >= 11 is 5.56. The van der Waals surface area contributed by atoms with Gasteiger partial charge in [0.1, 0.15) is 0 Å². The van der Waals surface area contributed by atoms with Crippen LogP contribution in [0.1, 0.15) is 5.56 Å². The number of benzene rings is 1. The SMILES string of the molecule is Cl.Cl.NCCN1CCN(CC(=O)Nc2ccc(Cl)c(C(F)(F)F)c2)CC1. The van der Waals surface area contributed by atoms with E-state index in [1.54, 1.807) is 0 Å². The lowest BCUT2D eigenvalue weighted by Crippen LogP contribution is -2.49. The Bertz CT molecular complexity index is 582. The zero-order valence-electron chi connectivity index (χ0n) is 13.9. The van der Waals surface area contributed by atoms with Crippen LogP contribution in [0.3, 0.4) is 0 Å². The summed E-state index contributed by atoms with van der Waals surface area (Å²) < 4.78 is 38.5. The highest BCUT2D eigenvalue weighted by molar-refractivity contribution is 6.31. The van der Waals surface area contributed by atoms with Gasteiger partial charge in [-0.05, 0) is 18.2 Å².